The van der Waals surface area contributed by atoms with Gasteiger partial charge in [-0.1, -0.05) is 29.8 Å². The van der Waals surface area contributed by atoms with Crippen LogP contribution in [-0.4, -0.2) is 23.3 Å². The molecule has 2 aromatic carbocycles. The Morgan fingerprint density at radius 2 is 1.88 bits per heavy atom. The summed E-state index contributed by atoms with van der Waals surface area (Å²) in [5.74, 6) is -0.931. The monoisotopic (exact) mass is 361 g/mol. The molecule has 1 atom stereocenters. The molecule has 0 heterocycles. The number of carbonyl (C=O) groups excluding carboxylic acids is 2. The van der Waals surface area contributed by atoms with E-state index in [2.05, 4.69) is 10.6 Å². The molecule has 0 aliphatic rings. The maximum atomic E-state index is 12.0. The van der Waals surface area contributed by atoms with E-state index in [0.717, 1.165) is 11.6 Å². The van der Waals surface area contributed by atoms with Crippen LogP contribution in [0.3, 0.4) is 0 Å². The molecule has 0 fully saturated rings. The van der Waals surface area contributed by atoms with E-state index in [1.54, 1.807) is 24.3 Å². The molecule has 0 aromatic heterocycles. The van der Waals surface area contributed by atoms with E-state index in [1.807, 2.05) is 6.92 Å². The molecule has 2 amide bonds. The first kappa shape index (κ1) is 18.4. The van der Waals surface area contributed by atoms with Crippen LogP contribution >= 0.6 is 11.6 Å². The van der Waals surface area contributed by atoms with Crippen LogP contribution in [0.15, 0.2) is 48.5 Å². The second-order valence-corrected chi connectivity index (χ2v) is 5.77. The number of nitro groups is 1. The first-order valence-corrected chi connectivity index (χ1v) is 7.82. The number of nitrogens with one attached hydrogen (secondary N) is 2. The lowest BCUT2D eigenvalue weighted by Gasteiger charge is -2.14. The molecule has 7 nitrogen and oxygen atoms in total. The zero-order chi connectivity index (χ0) is 18.4. The number of nitrogens with zero attached hydrogens (tertiary/aromatic N) is 1. The number of benzene rings is 2. The number of halogens is 1. The largest absolute Gasteiger partial charge is 0.348 e. The van der Waals surface area contributed by atoms with Gasteiger partial charge in [-0.25, -0.2) is 0 Å². The van der Waals surface area contributed by atoms with E-state index < -0.39 is 10.8 Å². The predicted octanol–water partition coefficient (Wildman–Crippen LogP) is 2.86. The summed E-state index contributed by atoms with van der Waals surface area (Å²) in [5.41, 5.74) is 0.809. The van der Waals surface area contributed by atoms with Crippen LogP contribution in [0.25, 0.3) is 0 Å². The van der Waals surface area contributed by atoms with Gasteiger partial charge in [-0.2, -0.15) is 0 Å². The van der Waals surface area contributed by atoms with E-state index in [1.165, 1.54) is 18.2 Å². The summed E-state index contributed by atoms with van der Waals surface area (Å²) >= 11 is 5.82. The zero-order valence-electron chi connectivity index (χ0n) is 13.4. The van der Waals surface area contributed by atoms with Crippen LogP contribution in [-0.2, 0) is 4.79 Å². The van der Waals surface area contributed by atoms with Crippen molar-refractivity contribution in [1.29, 1.82) is 0 Å². The van der Waals surface area contributed by atoms with Crippen molar-refractivity contribution in [2.24, 2.45) is 0 Å². The first-order chi connectivity index (χ1) is 11.9. The Morgan fingerprint density at radius 1 is 1.20 bits per heavy atom. The number of rotatable bonds is 6. The summed E-state index contributed by atoms with van der Waals surface area (Å²) < 4.78 is 0. The van der Waals surface area contributed by atoms with Gasteiger partial charge in [0.05, 0.1) is 17.5 Å². The van der Waals surface area contributed by atoms with Crippen LogP contribution in [0.4, 0.5) is 5.69 Å². The minimum atomic E-state index is -0.586. The molecule has 0 saturated heterocycles. The molecule has 8 heteroatoms. The summed E-state index contributed by atoms with van der Waals surface area (Å²) in [4.78, 5) is 34.1. The van der Waals surface area contributed by atoms with E-state index in [4.69, 9.17) is 11.6 Å². The Bertz CT molecular complexity index is 793. The number of non-ortho nitro benzene ring substituents is 1. The van der Waals surface area contributed by atoms with Crippen LogP contribution in [0.1, 0.15) is 28.9 Å². The van der Waals surface area contributed by atoms with Crippen LogP contribution in [0.5, 0.6) is 0 Å². The molecule has 130 valence electrons. The minimum Gasteiger partial charge on any atom is -0.348 e. The Morgan fingerprint density at radius 3 is 2.52 bits per heavy atom. The molecule has 2 N–H and O–H groups in total. The standard InChI is InChI=1S/C17H16ClN3O4/c1-11(12-5-7-14(18)8-6-12)20-16(22)10-19-17(23)13-3-2-4-15(9-13)21(24)25/h2-9,11H,10H2,1H3,(H,19,23)(H,20,22). The van der Waals surface area contributed by atoms with Crippen molar-refractivity contribution in [3.05, 3.63) is 74.8 Å². The fourth-order valence-electron chi connectivity index (χ4n) is 2.15. The van der Waals surface area contributed by atoms with Crippen LogP contribution < -0.4 is 10.6 Å². The summed E-state index contributed by atoms with van der Waals surface area (Å²) in [6, 6.07) is 12.1. The SMILES string of the molecule is CC(NC(=O)CNC(=O)c1cccc([N+](=O)[O-])c1)c1ccc(Cl)cc1. The number of nitro benzene ring substituents is 1. The Hall–Kier alpha value is -2.93. The smallest absolute Gasteiger partial charge is 0.270 e. The molecule has 0 aliphatic heterocycles. The third kappa shape index (κ3) is 5.29. The maximum absolute atomic E-state index is 12.0. The third-order valence-corrected chi connectivity index (χ3v) is 3.73. The molecule has 2 rings (SSSR count). The summed E-state index contributed by atoms with van der Waals surface area (Å²) in [7, 11) is 0. The van der Waals surface area contributed by atoms with Crippen LogP contribution in [0.2, 0.25) is 5.02 Å². The highest BCUT2D eigenvalue weighted by atomic mass is 35.5. The van der Waals surface area contributed by atoms with Gasteiger partial charge in [0.1, 0.15) is 0 Å². The molecule has 0 aliphatic carbocycles. The van der Waals surface area contributed by atoms with Gasteiger partial charge in [-0.3, -0.25) is 19.7 Å². The molecule has 25 heavy (non-hydrogen) atoms. The minimum absolute atomic E-state index is 0.118. The Kier molecular flexibility index (Phi) is 6.08. The highest BCUT2D eigenvalue weighted by Crippen LogP contribution is 2.16. The van der Waals surface area contributed by atoms with E-state index in [0.29, 0.717) is 5.02 Å². The molecular weight excluding hydrogens is 346 g/mol. The summed E-state index contributed by atoms with van der Waals surface area (Å²) in [6.45, 7) is 1.57. The van der Waals surface area contributed by atoms with Crippen molar-refractivity contribution in [1.82, 2.24) is 10.6 Å². The van der Waals surface area contributed by atoms with Crippen molar-refractivity contribution < 1.29 is 14.5 Å². The highest BCUT2D eigenvalue weighted by Gasteiger charge is 2.14. The highest BCUT2D eigenvalue weighted by molar-refractivity contribution is 6.30. The predicted molar refractivity (Wildman–Crippen MR) is 93.4 cm³/mol. The average Bonchev–Trinajstić information content (AvgIpc) is 2.60. The second kappa shape index (κ2) is 8.25. The van der Waals surface area contributed by atoms with E-state index in [9.17, 15) is 19.7 Å². The number of hydrogen-bond acceptors (Lipinski definition) is 4. The van der Waals surface area contributed by atoms with Crippen molar-refractivity contribution in [2.75, 3.05) is 6.54 Å². The lowest BCUT2D eigenvalue weighted by molar-refractivity contribution is -0.384. The van der Waals surface area contributed by atoms with Gasteiger partial charge in [-0.15, -0.1) is 0 Å². The molecular formula is C17H16ClN3O4. The lowest BCUT2D eigenvalue weighted by atomic mass is 10.1. The first-order valence-electron chi connectivity index (χ1n) is 7.44. The zero-order valence-corrected chi connectivity index (χ0v) is 14.1. The average molecular weight is 362 g/mol. The normalized spacial score (nSPS) is 11.4. The topological polar surface area (TPSA) is 101 Å². The molecule has 0 spiro atoms. The van der Waals surface area contributed by atoms with Crippen molar-refractivity contribution in [3.8, 4) is 0 Å². The van der Waals surface area contributed by atoms with Gasteiger partial charge in [-0.05, 0) is 30.7 Å². The fourth-order valence-corrected chi connectivity index (χ4v) is 2.28. The summed E-state index contributed by atoms with van der Waals surface area (Å²) in [6.07, 6.45) is 0. The molecule has 2 aromatic rings. The van der Waals surface area contributed by atoms with Crippen molar-refractivity contribution in [3.63, 3.8) is 0 Å². The third-order valence-electron chi connectivity index (χ3n) is 3.48. The molecule has 0 saturated carbocycles. The van der Waals surface area contributed by atoms with Gasteiger partial charge in [0.25, 0.3) is 11.6 Å². The van der Waals surface area contributed by atoms with Crippen molar-refractivity contribution >= 4 is 29.1 Å². The lowest BCUT2D eigenvalue weighted by Crippen LogP contribution is -2.38. The van der Waals surface area contributed by atoms with E-state index >= 15 is 0 Å². The van der Waals surface area contributed by atoms with Gasteiger partial charge in [0.15, 0.2) is 0 Å². The fraction of sp³-hybridized carbons (Fsp3) is 0.176. The number of amides is 2. The van der Waals surface area contributed by atoms with Crippen LogP contribution in [0, 0.1) is 10.1 Å². The van der Waals surface area contributed by atoms with Gasteiger partial charge in [0, 0.05) is 22.7 Å². The number of hydrogen-bond donors (Lipinski definition) is 2. The molecule has 1 unspecified atom stereocenters. The second-order valence-electron chi connectivity index (χ2n) is 5.33. The van der Waals surface area contributed by atoms with Gasteiger partial charge >= 0.3 is 0 Å². The molecule has 0 radical (unpaired) electrons. The number of carbonyl (C=O) groups is 2. The maximum Gasteiger partial charge on any atom is 0.270 e. The summed E-state index contributed by atoms with van der Waals surface area (Å²) in [5, 5.41) is 16.5. The van der Waals surface area contributed by atoms with Gasteiger partial charge < -0.3 is 10.6 Å². The molecule has 0 bridgehead atoms. The quantitative estimate of drug-likeness (QED) is 0.610. The van der Waals surface area contributed by atoms with E-state index in [-0.39, 0.29) is 29.7 Å². The van der Waals surface area contributed by atoms with Crippen molar-refractivity contribution in [2.45, 2.75) is 13.0 Å². The Balaban J connectivity index is 1.89. The Labute approximate surface area is 149 Å². The van der Waals surface area contributed by atoms with Gasteiger partial charge in [0.2, 0.25) is 5.91 Å².